The van der Waals surface area contributed by atoms with Gasteiger partial charge in [-0.25, -0.2) is 0 Å². The van der Waals surface area contributed by atoms with E-state index in [4.69, 9.17) is 4.52 Å². The van der Waals surface area contributed by atoms with E-state index < -0.39 is 0 Å². The fourth-order valence-electron chi connectivity index (χ4n) is 3.80. The lowest BCUT2D eigenvalue weighted by molar-refractivity contribution is 0.0709. The number of para-hydroxylation sites is 1. The minimum Gasteiger partial charge on any atom is -0.361 e. The second kappa shape index (κ2) is 6.39. The molecule has 0 atom stereocenters. The highest BCUT2D eigenvalue weighted by atomic mass is 16.5. The topological polar surface area (TPSA) is 62.1 Å². The standard InChI is InChI=1S/C20H23N3O2/c1-3-16-19(13(2)25-22-16)20(24)23-10-8-14(9-11-23)18-12-15-6-4-5-7-17(15)21-18/h4-7,12,14,21H,3,8-11H2,1-2H3. The number of carbonyl (C=O) groups excluding carboxylic acids is 1. The Bertz CT molecular complexity index is 868. The van der Waals surface area contributed by atoms with Crippen LogP contribution in [0.2, 0.25) is 0 Å². The molecular formula is C20H23N3O2. The number of nitrogens with zero attached hydrogens (tertiary/aromatic N) is 2. The average molecular weight is 337 g/mol. The molecule has 25 heavy (non-hydrogen) atoms. The Morgan fingerprint density at radius 1 is 1.32 bits per heavy atom. The van der Waals surface area contributed by atoms with Crippen LogP contribution in [0.5, 0.6) is 0 Å². The van der Waals surface area contributed by atoms with Crippen molar-refractivity contribution >= 4 is 16.8 Å². The molecule has 0 saturated carbocycles. The highest BCUT2D eigenvalue weighted by Crippen LogP contribution is 2.31. The average Bonchev–Trinajstić information content (AvgIpc) is 3.24. The molecule has 3 aromatic rings. The maximum atomic E-state index is 12.9. The third-order valence-electron chi connectivity index (χ3n) is 5.25. The number of piperidine rings is 1. The molecule has 1 saturated heterocycles. The number of aromatic nitrogens is 2. The van der Waals surface area contributed by atoms with Gasteiger partial charge in [-0.05, 0) is 43.7 Å². The molecule has 130 valence electrons. The van der Waals surface area contributed by atoms with Crippen LogP contribution >= 0.6 is 0 Å². The second-order valence-electron chi connectivity index (χ2n) is 6.79. The number of likely N-dealkylation sites (tertiary alicyclic amines) is 1. The van der Waals surface area contributed by atoms with Crippen molar-refractivity contribution in [3.63, 3.8) is 0 Å². The maximum absolute atomic E-state index is 12.9. The lowest BCUT2D eigenvalue weighted by atomic mass is 9.93. The number of hydrogen-bond donors (Lipinski definition) is 1. The van der Waals surface area contributed by atoms with Crippen molar-refractivity contribution in [1.82, 2.24) is 15.0 Å². The van der Waals surface area contributed by atoms with Crippen molar-refractivity contribution in [1.29, 1.82) is 0 Å². The van der Waals surface area contributed by atoms with Crippen LogP contribution in [0.4, 0.5) is 0 Å². The molecule has 0 spiro atoms. The number of nitrogens with one attached hydrogen (secondary N) is 1. The number of benzene rings is 1. The Labute approximate surface area is 147 Å². The lowest BCUT2D eigenvalue weighted by Crippen LogP contribution is -2.38. The maximum Gasteiger partial charge on any atom is 0.259 e. The molecule has 0 unspecified atom stereocenters. The highest BCUT2D eigenvalue weighted by molar-refractivity contribution is 5.96. The highest BCUT2D eigenvalue weighted by Gasteiger charge is 2.29. The van der Waals surface area contributed by atoms with Crippen LogP contribution in [-0.4, -0.2) is 34.0 Å². The molecule has 1 aromatic carbocycles. The van der Waals surface area contributed by atoms with Gasteiger partial charge < -0.3 is 14.4 Å². The fraction of sp³-hybridized carbons (Fsp3) is 0.400. The van der Waals surface area contributed by atoms with E-state index in [9.17, 15) is 4.79 Å². The molecule has 2 aromatic heterocycles. The van der Waals surface area contributed by atoms with Crippen molar-refractivity contribution in [2.45, 2.75) is 39.0 Å². The number of H-pyrrole nitrogens is 1. The molecule has 0 bridgehead atoms. The van der Waals surface area contributed by atoms with E-state index in [1.54, 1.807) is 0 Å². The smallest absolute Gasteiger partial charge is 0.259 e. The summed E-state index contributed by atoms with van der Waals surface area (Å²) in [5, 5.41) is 5.26. The van der Waals surface area contributed by atoms with Crippen LogP contribution < -0.4 is 0 Å². The lowest BCUT2D eigenvalue weighted by Gasteiger charge is -2.31. The summed E-state index contributed by atoms with van der Waals surface area (Å²) < 4.78 is 5.22. The first-order chi connectivity index (χ1) is 12.2. The minimum absolute atomic E-state index is 0.0608. The molecule has 0 aliphatic carbocycles. The fourth-order valence-corrected chi connectivity index (χ4v) is 3.80. The normalized spacial score (nSPS) is 15.8. The van der Waals surface area contributed by atoms with E-state index in [1.807, 2.05) is 18.7 Å². The quantitative estimate of drug-likeness (QED) is 0.784. The predicted molar refractivity (Wildman–Crippen MR) is 96.8 cm³/mol. The van der Waals surface area contributed by atoms with Gasteiger partial charge in [-0.3, -0.25) is 4.79 Å². The van der Waals surface area contributed by atoms with Gasteiger partial charge in [0.2, 0.25) is 0 Å². The van der Waals surface area contributed by atoms with E-state index in [1.165, 1.54) is 16.6 Å². The van der Waals surface area contributed by atoms with Crippen molar-refractivity contribution in [3.8, 4) is 0 Å². The molecular weight excluding hydrogens is 314 g/mol. The van der Waals surface area contributed by atoms with E-state index in [0.717, 1.165) is 31.6 Å². The van der Waals surface area contributed by atoms with Crippen molar-refractivity contribution < 1.29 is 9.32 Å². The molecule has 1 aliphatic heterocycles. The molecule has 3 heterocycles. The van der Waals surface area contributed by atoms with Gasteiger partial charge in [0.25, 0.3) is 5.91 Å². The third kappa shape index (κ3) is 2.84. The van der Waals surface area contributed by atoms with E-state index >= 15 is 0 Å². The van der Waals surface area contributed by atoms with Gasteiger partial charge in [-0.2, -0.15) is 0 Å². The summed E-state index contributed by atoms with van der Waals surface area (Å²) in [6.07, 6.45) is 2.67. The largest absolute Gasteiger partial charge is 0.361 e. The Morgan fingerprint density at radius 3 is 2.80 bits per heavy atom. The van der Waals surface area contributed by atoms with Crippen LogP contribution in [0.1, 0.15) is 53.2 Å². The summed E-state index contributed by atoms with van der Waals surface area (Å²) in [5.41, 5.74) is 3.89. The van der Waals surface area contributed by atoms with Crippen molar-refractivity contribution in [2.24, 2.45) is 0 Å². The SMILES string of the molecule is CCc1noc(C)c1C(=O)N1CCC(c2cc3ccccc3[nH]2)CC1. The zero-order valence-electron chi connectivity index (χ0n) is 14.7. The summed E-state index contributed by atoms with van der Waals surface area (Å²) in [4.78, 5) is 18.3. The van der Waals surface area contributed by atoms with Gasteiger partial charge >= 0.3 is 0 Å². The van der Waals surface area contributed by atoms with Gasteiger partial charge in [-0.1, -0.05) is 30.3 Å². The van der Waals surface area contributed by atoms with Gasteiger partial charge in [0.05, 0.1) is 5.69 Å². The molecule has 1 amide bonds. The van der Waals surface area contributed by atoms with Gasteiger partial charge in [0, 0.05) is 30.2 Å². The van der Waals surface area contributed by atoms with Gasteiger partial charge in [-0.15, -0.1) is 0 Å². The molecule has 4 rings (SSSR count). The molecule has 1 aliphatic rings. The number of carbonyl (C=O) groups is 1. The molecule has 0 radical (unpaired) electrons. The van der Waals surface area contributed by atoms with Crippen LogP contribution in [0.15, 0.2) is 34.9 Å². The zero-order valence-corrected chi connectivity index (χ0v) is 14.7. The second-order valence-corrected chi connectivity index (χ2v) is 6.79. The van der Waals surface area contributed by atoms with E-state index in [-0.39, 0.29) is 5.91 Å². The number of aromatic amines is 1. The summed E-state index contributed by atoms with van der Waals surface area (Å²) >= 11 is 0. The van der Waals surface area contributed by atoms with Crippen molar-refractivity contribution in [3.05, 3.63) is 53.0 Å². The van der Waals surface area contributed by atoms with Crippen LogP contribution in [0, 0.1) is 6.92 Å². The number of rotatable bonds is 3. The number of fused-ring (bicyclic) bond motifs is 1. The number of hydrogen-bond acceptors (Lipinski definition) is 3. The number of amides is 1. The van der Waals surface area contributed by atoms with Crippen LogP contribution in [-0.2, 0) is 6.42 Å². The molecule has 5 heteroatoms. The van der Waals surface area contributed by atoms with Crippen molar-refractivity contribution in [2.75, 3.05) is 13.1 Å². The predicted octanol–water partition coefficient (Wildman–Crippen LogP) is 4.05. The van der Waals surface area contributed by atoms with Crippen LogP contribution in [0.3, 0.4) is 0 Å². The first-order valence-corrected chi connectivity index (χ1v) is 8.99. The first-order valence-electron chi connectivity index (χ1n) is 8.99. The minimum atomic E-state index is 0.0608. The number of aryl methyl sites for hydroxylation is 2. The Kier molecular flexibility index (Phi) is 4.07. The van der Waals surface area contributed by atoms with Crippen LogP contribution in [0.25, 0.3) is 10.9 Å². The Balaban J connectivity index is 1.47. The van der Waals surface area contributed by atoms with Gasteiger partial charge in [0.15, 0.2) is 0 Å². The summed E-state index contributed by atoms with van der Waals surface area (Å²) in [5.74, 6) is 1.16. The molecule has 1 N–H and O–H groups in total. The van der Waals surface area contributed by atoms with E-state index in [2.05, 4.69) is 40.5 Å². The molecule has 5 nitrogen and oxygen atoms in total. The summed E-state index contributed by atoms with van der Waals surface area (Å²) in [7, 11) is 0. The molecule has 1 fully saturated rings. The summed E-state index contributed by atoms with van der Waals surface area (Å²) in [6, 6.07) is 10.6. The summed E-state index contributed by atoms with van der Waals surface area (Å²) in [6.45, 7) is 5.35. The Hall–Kier alpha value is -2.56. The monoisotopic (exact) mass is 337 g/mol. The van der Waals surface area contributed by atoms with Gasteiger partial charge in [0.1, 0.15) is 11.3 Å². The Morgan fingerprint density at radius 2 is 2.08 bits per heavy atom. The first kappa shape index (κ1) is 15.9. The third-order valence-corrected chi connectivity index (χ3v) is 5.25. The van der Waals surface area contributed by atoms with E-state index in [0.29, 0.717) is 23.7 Å². The zero-order chi connectivity index (χ0) is 17.4.